The fraction of sp³-hybridized carbons (Fsp3) is 0.296. The summed E-state index contributed by atoms with van der Waals surface area (Å²) in [6, 6.07) is 18.2. The highest BCUT2D eigenvalue weighted by atomic mass is 19.1. The summed E-state index contributed by atoms with van der Waals surface area (Å²) < 4.78 is 13.6. The van der Waals surface area contributed by atoms with Gasteiger partial charge in [0.1, 0.15) is 5.82 Å². The van der Waals surface area contributed by atoms with Crippen LogP contribution in [0.2, 0.25) is 0 Å². The van der Waals surface area contributed by atoms with Crippen molar-refractivity contribution in [2.24, 2.45) is 5.92 Å². The van der Waals surface area contributed by atoms with Crippen molar-refractivity contribution in [2.75, 3.05) is 26.2 Å². The first kappa shape index (κ1) is 22.6. The largest absolute Gasteiger partial charge is 0.341 e. The Bertz CT molecular complexity index is 1120. The first-order chi connectivity index (χ1) is 16.0. The zero-order valence-corrected chi connectivity index (χ0v) is 18.8. The zero-order valence-electron chi connectivity index (χ0n) is 18.8. The van der Waals surface area contributed by atoms with Crippen LogP contribution in [-0.4, -0.2) is 52.8 Å². The smallest absolute Gasteiger partial charge is 0.227 e. The fourth-order valence-corrected chi connectivity index (χ4v) is 4.37. The number of pyridine rings is 1. The number of nitrogens with zero attached hydrogens (tertiary/aromatic N) is 3. The second kappa shape index (κ2) is 10.4. The normalized spacial score (nSPS) is 16.5. The highest BCUT2D eigenvalue weighted by molar-refractivity contribution is 5.83. The van der Waals surface area contributed by atoms with E-state index >= 15 is 0 Å². The number of benzene rings is 2. The Hall–Kier alpha value is -3.54. The van der Waals surface area contributed by atoms with Gasteiger partial charge in [0.25, 0.3) is 0 Å². The van der Waals surface area contributed by atoms with E-state index in [2.05, 4.69) is 11.1 Å². The number of likely N-dealkylation sites (N-methyl/N-ethyl adjacent to an activating group) is 1. The van der Waals surface area contributed by atoms with Crippen LogP contribution in [0.15, 0.2) is 73.1 Å². The Labute approximate surface area is 193 Å². The van der Waals surface area contributed by atoms with Gasteiger partial charge in [0.15, 0.2) is 0 Å². The van der Waals surface area contributed by atoms with Crippen LogP contribution >= 0.6 is 0 Å². The van der Waals surface area contributed by atoms with E-state index in [1.165, 1.54) is 12.1 Å². The molecule has 0 aliphatic carbocycles. The molecule has 2 amide bonds. The molecule has 170 valence electrons. The van der Waals surface area contributed by atoms with Crippen molar-refractivity contribution in [1.82, 2.24) is 14.8 Å². The molecule has 2 aromatic carbocycles. The minimum Gasteiger partial charge on any atom is -0.341 e. The third-order valence-corrected chi connectivity index (χ3v) is 6.12. The highest BCUT2D eigenvalue weighted by Crippen LogP contribution is 2.23. The van der Waals surface area contributed by atoms with E-state index in [1.807, 2.05) is 48.4 Å². The topological polar surface area (TPSA) is 53.5 Å². The number of hydrogen-bond acceptors (Lipinski definition) is 3. The molecule has 0 N–H and O–H groups in total. The Balaban J connectivity index is 1.53. The highest BCUT2D eigenvalue weighted by Gasteiger charge is 2.31. The van der Waals surface area contributed by atoms with E-state index in [9.17, 15) is 14.0 Å². The molecule has 0 spiro atoms. The second-order valence-electron chi connectivity index (χ2n) is 8.41. The molecule has 1 atom stereocenters. The molecule has 1 aromatic heterocycles. The lowest BCUT2D eigenvalue weighted by Crippen LogP contribution is -2.38. The summed E-state index contributed by atoms with van der Waals surface area (Å²) in [6.07, 6.45) is 4.24. The van der Waals surface area contributed by atoms with Crippen LogP contribution < -0.4 is 0 Å². The molecule has 0 radical (unpaired) electrons. The van der Waals surface area contributed by atoms with Crippen LogP contribution in [0.1, 0.15) is 18.1 Å². The number of aromatic nitrogens is 1. The van der Waals surface area contributed by atoms with Gasteiger partial charge in [-0.1, -0.05) is 42.5 Å². The monoisotopic (exact) mass is 445 g/mol. The maximum Gasteiger partial charge on any atom is 0.227 e. The van der Waals surface area contributed by atoms with Gasteiger partial charge in [0.2, 0.25) is 11.8 Å². The van der Waals surface area contributed by atoms with Crippen LogP contribution in [0.3, 0.4) is 0 Å². The molecule has 3 aromatic rings. The molecule has 0 saturated carbocycles. The van der Waals surface area contributed by atoms with E-state index in [0.717, 1.165) is 16.7 Å². The van der Waals surface area contributed by atoms with Gasteiger partial charge in [0.05, 0.1) is 12.3 Å². The Kier molecular flexibility index (Phi) is 7.13. The summed E-state index contributed by atoms with van der Waals surface area (Å²) in [6.45, 7) is 3.93. The van der Waals surface area contributed by atoms with Crippen molar-refractivity contribution in [3.63, 3.8) is 0 Å². The summed E-state index contributed by atoms with van der Waals surface area (Å²) in [5.41, 5.74) is 3.76. The van der Waals surface area contributed by atoms with Gasteiger partial charge in [0, 0.05) is 38.6 Å². The quantitative estimate of drug-likeness (QED) is 0.577. The Morgan fingerprint density at radius 3 is 2.58 bits per heavy atom. The standard InChI is InChI=1S/C27H28FN3O2/c1-2-30-12-13-31(26(32)17-21-7-4-10-25(28)16-21)19-24(27(30)33)15-20-6-3-8-22(14-20)23-9-5-11-29-18-23/h3-11,14,16,18,24H,2,12-13,15,17,19H2,1H3. The molecule has 0 bridgehead atoms. The molecular formula is C27H28FN3O2. The molecule has 5 nitrogen and oxygen atoms in total. The van der Waals surface area contributed by atoms with Gasteiger partial charge >= 0.3 is 0 Å². The van der Waals surface area contributed by atoms with Gasteiger partial charge in [-0.25, -0.2) is 4.39 Å². The maximum absolute atomic E-state index is 13.6. The number of rotatable bonds is 6. The summed E-state index contributed by atoms with van der Waals surface area (Å²) in [5.74, 6) is -0.686. The summed E-state index contributed by atoms with van der Waals surface area (Å²) in [4.78, 5) is 34.0. The minimum atomic E-state index is -0.352. The lowest BCUT2D eigenvalue weighted by Gasteiger charge is -2.24. The number of hydrogen-bond donors (Lipinski definition) is 0. The molecular weight excluding hydrogens is 417 g/mol. The predicted molar refractivity (Wildman–Crippen MR) is 126 cm³/mol. The van der Waals surface area contributed by atoms with Crippen LogP contribution in [0.4, 0.5) is 4.39 Å². The molecule has 1 aliphatic rings. The Morgan fingerprint density at radius 1 is 1.03 bits per heavy atom. The number of carbonyl (C=O) groups excluding carboxylic acids is 2. The molecule has 6 heteroatoms. The first-order valence-electron chi connectivity index (χ1n) is 11.3. The van der Waals surface area contributed by atoms with Crippen molar-refractivity contribution in [2.45, 2.75) is 19.8 Å². The van der Waals surface area contributed by atoms with Crippen LogP contribution in [-0.2, 0) is 22.4 Å². The molecule has 33 heavy (non-hydrogen) atoms. The van der Waals surface area contributed by atoms with Gasteiger partial charge in [-0.3, -0.25) is 14.6 Å². The average Bonchev–Trinajstić information content (AvgIpc) is 2.98. The molecule has 1 fully saturated rings. The molecule has 2 heterocycles. The van der Waals surface area contributed by atoms with Crippen molar-refractivity contribution in [1.29, 1.82) is 0 Å². The van der Waals surface area contributed by atoms with E-state index in [0.29, 0.717) is 38.2 Å². The van der Waals surface area contributed by atoms with Crippen molar-refractivity contribution in [3.8, 4) is 11.1 Å². The van der Waals surface area contributed by atoms with Gasteiger partial charge in [-0.2, -0.15) is 0 Å². The van der Waals surface area contributed by atoms with E-state index in [4.69, 9.17) is 0 Å². The van der Waals surface area contributed by atoms with Crippen molar-refractivity contribution < 1.29 is 14.0 Å². The lowest BCUT2D eigenvalue weighted by molar-refractivity contribution is -0.134. The third-order valence-electron chi connectivity index (χ3n) is 6.12. The molecule has 1 saturated heterocycles. The first-order valence-corrected chi connectivity index (χ1v) is 11.3. The van der Waals surface area contributed by atoms with Crippen LogP contribution in [0.5, 0.6) is 0 Å². The number of carbonyl (C=O) groups is 2. The van der Waals surface area contributed by atoms with E-state index in [-0.39, 0.29) is 30.0 Å². The predicted octanol–water partition coefficient (Wildman–Crippen LogP) is 3.98. The van der Waals surface area contributed by atoms with E-state index < -0.39 is 0 Å². The van der Waals surface area contributed by atoms with Crippen LogP contribution in [0, 0.1) is 11.7 Å². The molecule has 4 rings (SSSR count). The number of amides is 2. The van der Waals surface area contributed by atoms with Crippen molar-refractivity contribution in [3.05, 3.63) is 90.0 Å². The summed E-state index contributed by atoms with van der Waals surface area (Å²) >= 11 is 0. The van der Waals surface area contributed by atoms with Crippen LogP contribution in [0.25, 0.3) is 11.1 Å². The maximum atomic E-state index is 13.6. The van der Waals surface area contributed by atoms with E-state index in [1.54, 1.807) is 23.2 Å². The third kappa shape index (κ3) is 5.64. The molecule has 1 aliphatic heterocycles. The SMILES string of the molecule is CCN1CCN(C(=O)Cc2cccc(F)c2)CC(Cc2cccc(-c3cccnc3)c2)C1=O. The lowest BCUT2D eigenvalue weighted by atomic mass is 9.95. The summed E-state index contributed by atoms with van der Waals surface area (Å²) in [7, 11) is 0. The Morgan fingerprint density at radius 2 is 1.82 bits per heavy atom. The average molecular weight is 446 g/mol. The van der Waals surface area contributed by atoms with Gasteiger partial charge < -0.3 is 9.80 Å². The minimum absolute atomic E-state index is 0.0744. The number of halogens is 1. The van der Waals surface area contributed by atoms with Crippen molar-refractivity contribution >= 4 is 11.8 Å². The molecule has 1 unspecified atom stereocenters. The van der Waals surface area contributed by atoms with Gasteiger partial charge in [-0.15, -0.1) is 0 Å². The van der Waals surface area contributed by atoms with Gasteiger partial charge in [-0.05, 0) is 53.8 Å². The second-order valence-corrected chi connectivity index (χ2v) is 8.41. The zero-order chi connectivity index (χ0) is 23.2. The summed E-state index contributed by atoms with van der Waals surface area (Å²) in [5, 5.41) is 0. The fourth-order valence-electron chi connectivity index (χ4n) is 4.37.